The molecule has 1 aromatic rings. The topological polar surface area (TPSA) is 49.8 Å². The van der Waals surface area contributed by atoms with Crippen molar-refractivity contribution in [2.75, 3.05) is 6.54 Å². The molecule has 23 heavy (non-hydrogen) atoms. The fraction of sp³-hybridized carbons (Fsp3) is 0.588. The van der Waals surface area contributed by atoms with Crippen molar-refractivity contribution in [3.63, 3.8) is 0 Å². The highest BCUT2D eigenvalue weighted by Gasteiger charge is 2.39. The van der Waals surface area contributed by atoms with Crippen molar-refractivity contribution in [1.82, 2.24) is 4.90 Å². The Bertz CT molecular complexity index is 578. The summed E-state index contributed by atoms with van der Waals surface area (Å²) in [4.78, 5) is 14.2. The molecule has 6 heteroatoms. The van der Waals surface area contributed by atoms with E-state index in [2.05, 4.69) is 15.9 Å². The molecule has 0 saturated carbocycles. The minimum atomic E-state index is -0.913. The number of piperidine rings is 1. The van der Waals surface area contributed by atoms with E-state index in [4.69, 9.17) is 16.3 Å². The number of carbonyl (C=O) groups excluding carboxylic acids is 1. The van der Waals surface area contributed by atoms with Crippen LogP contribution in [0.1, 0.15) is 52.1 Å². The van der Waals surface area contributed by atoms with E-state index in [0.29, 0.717) is 17.9 Å². The third-order valence-corrected chi connectivity index (χ3v) is 4.42. The van der Waals surface area contributed by atoms with E-state index >= 15 is 0 Å². The Morgan fingerprint density at radius 1 is 1.43 bits per heavy atom. The summed E-state index contributed by atoms with van der Waals surface area (Å²) in [5.74, 6) is 0. The molecular weight excluding hydrogens is 382 g/mol. The maximum absolute atomic E-state index is 12.6. The number of ether oxygens (including phenoxy) is 1. The molecule has 1 fully saturated rings. The van der Waals surface area contributed by atoms with Crippen molar-refractivity contribution in [3.05, 3.63) is 33.3 Å². The molecule has 0 unspecified atom stereocenters. The Morgan fingerprint density at radius 3 is 2.65 bits per heavy atom. The number of β-amino-alcohol motifs (C(OH)–C–C–N with tert-alkyl or cyclic N) is 1. The number of aliphatic hydroxyl groups is 1. The number of halogens is 2. The van der Waals surface area contributed by atoms with Gasteiger partial charge in [-0.3, -0.25) is 4.90 Å². The van der Waals surface area contributed by atoms with Gasteiger partial charge in [0, 0.05) is 9.50 Å². The third-order valence-electron chi connectivity index (χ3n) is 3.74. The Morgan fingerprint density at radius 2 is 2.09 bits per heavy atom. The molecule has 4 nitrogen and oxygen atoms in total. The zero-order valence-electron chi connectivity index (χ0n) is 13.9. The molecule has 1 aliphatic rings. The first-order valence-corrected chi connectivity index (χ1v) is 8.82. The van der Waals surface area contributed by atoms with Crippen LogP contribution in [0, 0.1) is 0 Å². The second kappa shape index (κ2) is 6.61. The molecule has 1 aromatic carbocycles. The van der Waals surface area contributed by atoms with Gasteiger partial charge in [0.05, 0.1) is 18.2 Å². The summed E-state index contributed by atoms with van der Waals surface area (Å²) in [6.07, 6.45) is 0.846. The van der Waals surface area contributed by atoms with Crippen LogP contribution in [-0.2, 0) is 4.74 Å². The average molecular weight is 405 g/mol. The number of likely N-dealkylation sites (tertiary alicyclic amines) is 1. The van der Waals surface area contributed by atoms with Gasteiger partial charge in [-0.05, 0) is 64.3 Å². The first-order valence-electron chi connectivity index (χ1n) is 7.65. The number of nitrogens with zero attached hydrogens (tertiary/aromatic N) is 1. The average Bonchev–Trinajstić information content (AvgIpc) is 2.34. The van der Waals surface area contributed by atoms with Gasteiger partial charge in [0.1, 0.15) is 5.60 Å². The van der Waals surface area contributed by atoms with E-state index in [0.717, 1.165) is 10.0 Å². The van der Waals surface area contributed by atoms with E-state index in [1.165, 1.54) is 0 Å². The van der Waals surface area contributed by atoms with Crippen molar-refractivity contribution in [2.45, 2.75) is 57.8 Å². The number of hydrogen-bond donors (Lipinski definition) is 1. The lowest BCUT2D eigenvalue weighted by Gasteiger charge is -2.43. The fourth-order valence-corrected chi connectivity index (χ4v) is 3.67. The molecule has 0 aliphatic carbocycles. The lowest BCUT2D eigenvalue weighted by atomic mass is 9.87. The van der Waals surface area contributed by atoms with Gasteiger partial charge in [-0.2, -0.15) is 0 Å². The zero-order chi connectivity index (χ0) is 17.4. The minimum absolute atomic E-state index is 0.167. The molecule has 1 heterocycles. The standard InChI is InChI=1S/C17H23BrClNO3/c1-16(2,3)23-15(21)20-10-17(4,22)6-5-14(20)11-7-12(18)9-13(19)8-11/h7-9,14,22H,5-6,10H2,1-4H3/t14-,17-/m1/s1. The zero-order valence-corrected chi connectivity index (χ0v) is 16.2. The second-order valence-electron chi connectivity index (χ2n) is 7.36. The smallest absolute Gasteiger partial charge is 0.410 e. The maximum atomic E-state index is 12.6. The lowest BCUT2D eigenvalue weighted by molar-refractivity contribution is -0.0519. The maximum Gasteiger partial charge on any atom is 0.410 e. The van der Waals surface area contributed by atoms with Crippen LogP contribution < -0.4 is 0 Å². The van der Waals surface area contributed by atoms with Crippen molar-refractivity contribution < 1.29 is 14.6 Å². The SMILES string of the molecule is CC(C)(C)OC(=O)N1C[C@](C)(O)CC[C@@H]1c1cc(Cl)cc(Br)c1. The highest BCUT2D eigenvalue weighted by Crippen LogP contribution is 2.38. The molecule has 0 aromatic heterocycles. The van der Waals surface area contributed by atoms with Gasteiger partial charge in [-0.25, -0.2) is 4.79 Å². The predicted octanol–water partition coefficient (Wildman–Crippen LogP) is 4.93. The number of benzene rings is 1. The van der Waals surface area contributed by atoms with Crippen molar-refractivity contribution >= 4 is 33.6 Å². The summed E-state index contributed by atoms with van der Waals surface area (Å²) in [5, 5.41) is 11.0. The van der Waals surface area contributed by atoms with Crippen LogP contribution in [0.2, 0.25) is 5.02 Å². The largest absolute Gasteiger partial charge is 0.444 e. The van der Waals surface area contributed by atoms with E-state index in [9.17, 15) is 9.90 Å². The first-order chi connectivity index (χ1) is 10.5. The van der Waals surface area contributed by atoms with Crippen LogP contribution in [0.5, 0.6) is 0 Å². The van der Waals surface area contributed by atoms with Crippen LogP contribution in [0.4, 0.5) is 4.79 Å². The van der Waals surface area contributed by atoms with Gasteiger partial charge in [0.15, 0.2) is 0 Å². The van der Waals surface area contributed by atoms with E-state index < -0.39 is 17.3 Å². The predicted molar refractivity (Wildman–Crippen MR) is 94.7 cm³/mol. The van der Waals surface area contributed by atoms with Gasteiger partial charge >= 0.3 is 6.09 Å². The van der Waals surface area contributed by atoms with Crippen molar-refractivity contribution in [1.29, 1.82) is 0 Å². The van der Waals surface area contributed by atoms with Crippen LogP contribution in [0.25, 0.3) is 0 Å². The molecular formula is C17H23BrClNO3. The molecule has 1 saturated heterocycles. The van der Waals surface area contributed by atoms with Gasteiger partial charge < -0.3 is 9.84 Å². The molecule has 0 bridgehead atoms. The summed E-state index contributed by atoms with van der Waals surface area (Å²) in [6.45, 7) is 7.47. The van der Waals surface area contributed by atoms with Crippen LogP contribution in [0.15, 0.2) is 22.7 Å². The van der Waals surface area contributed by atoms with Gasteiger partial charge in [-0.15, -0.1) is 0 Å². The molecule has 2 atom stereocenters. The van der Waals surface area contributed by atoms with Crippen LogP contribution >= 0.6 is 27.5 Å². The monoisotopic (exact) mass is 403 g/mol. The van der Waals surface area contributed by atoms with Crippen molar-refractivity contribution in [3.8, 4) is 0 Å². The Kier molecular flexibility index (Phi) is 5.34. The number of carbonyl (C=O) groups is 1. The highest BCUT2D eigenvalue weighted by molar-refractivity contribution is 9.10. The van der Waals surface area contributed by atoms with Gasteiger partial charge in [0.25, 0.3) is 0 Å². The van der Waals surface area contributed by atoms with E-state index in [1.807, 2.05) is 39.0 Å². The Balaban J connectivity index is 2.33. The summed E-state index contributed by atoms with van der Waals surface area (Å²) in [5.41, 5.74) is -0.561. The Labute approximate surface area is 150 Å². The summed E-state index contributed by atoms with van der Waals surface area (Å²) in [6, 6.07) is 5.45. The van der Waals surface area contributed by atoms with E-state index in [1.54, 1.807) is 11.8 Å². The first kappa shape index (κ1) is 18.6. The van der Waals surface area contributed by atoms with Crippen LogP contribution in [-0.4, -0.2) is 33.8 Å². The molecule has 0 spiro atoms. The molecule has 1 aliphatic heterocycles. The normalized spacial score (nSPS) is 25.3. The molecule has 128 valence electrons. The highest BCUT2D eigenvalue weighted by atomic mass is 79.9. The molecule has 2 rings (SSSR count). The lowest BCUT2D eigenvalue weighted by Crippen LogP contribution is -2.51. The Hall–Kier alpha value is -0.780. The summed E-state index contributed by atoms with van der Waals surface area (Å²) < 4.78 is 6.38. The molecule has 1 amide bonds. The van der Waals surface area contributed by atoms with E-state index in [-0.39, 0.29) is 12.6 Å². The van der Waals surface area contributed by atoms with Crippen LogP contribution in [0.3, 0.4) is 0 Å². The van der Waals surface area contributed by atoms with Gasteiger partial charge in [-0.1, -0.05) is 27.5 Å². The fourth-order valence-electron chi connectivity index (χ4n) is 2.79. The quantitative estimate of drug-likeness (QED) is 0.722. The minimum Gasteiger partial charge on any atom is -0.444 e. The van der Waals surface area contributed by atoms with Gasteiger partial charge in [0.2, 0.25) is 0 Å². The van der Waals surface area contributed by atoms with Crippen molar-refractivity contribution in [2.24, 2.45) is 0 Å². The number of rotatable bonds is 1. The summed E-state index contributed by atoms with van der Waals surface area (Å²) >= 11 is 9.58. The molecule has 1 N–H and O–H groups in total. The number of amides is 1. The summed E-state index contributed by atoms with van der Waals surface area (Å²) in [7, 11) is 0. The second-order valence-corrected chi connectivity index (χ2v) is 8.71. The molecule has 0 radical (unpaired) electrons. The third kappa shape index (κ3) is 5.10. The number of hydrogen-bond acceptors (Lipinski definition) is 3.